The van der Waals surface area contributed by atoms with Crippen LogP contribution in [0.1, 0.15) is 17.5 Å². The summed E-state index contributed by atoms with van der Waals surface area (Å²) >= 11 is 5.99. The van der Waals surface area contributed by atoms with Gasteiger partial charge in [-0.3, -0.25) is 14.5 Å². The van der Waals surface area contributed by atoms with Crippen molar-refractivity contribution in [2.75, 3.05) is 6.54 Å². The molecule has 0 aliphatic carbocycles. The lowest BCUT2D eigenvalue weighted by Crippen LogP contribution is -2.22. The largest absolute Gasteiger partial charge is 0.461 e. The Morgan fingerprint density at radius 1 is 1.12 bits per heavy atom. The van der Waals surface area contributed by atoms with Gasteiger partial charge in [-0.15, -0.1) is 0 Å². The number of amidine groups is 1. The fourth-order valence-corrected chi connectivity index (χ4v) is 3.80. The first-order chi connectivity index (χ1) is 12.0. The number of fused-ring (bicyclic) bond motifs is 1. The second kappa shape index (κ2) is 7.25. The number of ether oxygens (including phenoxy) is 1. The summed E-state index contributed by atoms with van der Waals surface area (Å²) in [4.78, 5) is 16.2. The average molecular weight is 379 g/mol. The first kappa shape index (κ1) is 17.4. The molecular formula is C17H15ClN2O4S. The highest BCUT2D eigenvalue weighted by atomic mass is 35.5. The molecule has 1 N–H and O–H groups in total. The lowest BCUT2D eigenvalue weighted by Gasteiger charge is -2.05. The summed E-state index contributed by atoms with van der Waals surface area (Å²) in [5.41, 5.74) is 1.23. The molecule has 0 unspecified atom stereocenters. The van der Waals surface area contributed by atoms with E-state index in [1.807, 2.05) is 6.07 Å². The van der Waals surface area contributed by atoms with Crippen LogP contribution in [-0.4, -0.2) is 26.8 Å². The standard InChI is InChI=1S/C17H15ClN2O4S/c18-14-7-3-1-5-12(14)11-24-16(21)9-10-19-17-13-6-2-4-8-15(13)25(22,23)20-17/h1-8H,9-11H2,(H,19,20). The first-order valence-corrected chi connectivity index (χ1v) is 9.39. The number of nitrogens with zero attached hydrogens (tertiary/aromatic N) is 1. The molecule has 0 saturated heterocycles. The molecule has 2 aromatic carbocycles. The molecule has 1 heterocycles. The van der Waals surface area contributed by atoms with Gasteiger partial charge in [0.1, 0.15) is 12.4 Å². The minimum atomic E-state index is -3.57. The molecule has 0 radical (unpaired) electrons. The summed E-state index contributed by atoms with van der Waals surface area (Å²) in [5, 5.41) is 0.535. The van der Waals surface area contributed by atoms with Crippen LogP contribution in [0.3, 0.4) is 0 Å². The zero-order valence-corrected chi connectivity index (χ0v) is 14.7. The minimum absolute atomic E-state index is 0.0395. The second-order valence-electron chi connectivity index (χ2n) is 5.33. The third-order valence-electron chi connectivity index (χ3n) is 3.60. The third kappa shape index (κ3) is 4.00. The highest BCUT2D eigenvalue weighted by molar-refractivity contribution is 7.90. The number of aliphatic imine (C=N–C) groups is 1. The van der Waals surface area contributed by atoms with E-state index in [0.717, 1.165) is 5.56 Å². The number of hydrogen-bond acceptors (Lipinski definition) is 5. The normalized spacial score (nSPS) is 16.3. The predicted octanol–water partition coefficient (Wildman–Crippen LogP) is 2.51. The summed E-state index contributed by atoms with van der Waals surface area (Å²) in [6, 6.07) is 13.7. The van der Waals surface area contributed by atoms with E-state index in [-0.39, 0.29) is 30.3 Å². The maximum atomic E-state index is 12.0. The van der Waals surface area contributed by atoms with Crippen LogP contribution < -0.4 is 4.72 Å². The average Bonchev–Trinajstić information content (AvgIpc) is 2.85. The van der Waals surface area contributed by atoms with Gasteiger partial charge in [-0.05, 0) is 18.2 Å². The Morgan fingerprint density at radius 2 is 1.84 bits per heavy atom. The molecule has 1 aliphatic rings. The van der Waals surface area contributed by atoms with Gasteiger partial charge in [0, 0.05) is 16.1 Å². The Kier molecular flexibility index (Phi) is 5.06. The zero-order valence-electron chi connectivity index (χ0n) is 13.1. The van der Waals surface area contributed by atoms with Gasteiger partial charge in [0.15, 0.2) is 0 Å². The molecule has 25 heavy (non-hydrogen) atoms. The van der Waals surface area contributed by atoms with Gasteiger partial charge in [0.2, 0.25) is 0 Å². The van der Waals surface area contributed by atoms with Crippen molar-refractivity contribution in [2.24, 2.45) is 4.99 Å². The molecule has 6 nitrogen and oxygen atoms in total. The van der Waals surface area contributed by atoms with Crippen LogP contribution in [0.25, 0.3) is 0 Å². The Bertz CT molecular complexity index is 941. The number of carbonyl (C=O) groups is 1. The molecule has 1 aliphatic heterocycles. The first-order valence-electron chi connectivity index (χ1n) is 7.53. The Morgan fingerprint density at radius 3 is 2.64 bits per heavy atom. The number of hydrogen-bond donors (Lipinski definition) is 1. The van der Waals surface area contributed by atoms with Crippen LogP contribution in [0.2, 0.25) is 5.02 Å². The maximum Gasteiger partial charge on any atom is 0.308 e. The molecule has 0 aromatic heterocycles. The number of carbonyl (C=O) groups excluding carboxylic acids is 1. The van der Waals surface area contributed by atoms with Crippen LogP contribution >= 0.6 is 11.6 Å². The van der Waals surface area contributed by atoms with Crippen molar-refractivity contribution in [3.8, 4) is 0 Å². The van der Waals surface area contributed by atoms with E-state index >= 15 is 0 Å². The molecule has 0 fully saturated rings. The molecule has 0 atom stereocenters. The van der Waals surface area contributed by atoms with Crippen LogP contribution in [0, 0.1) is 0 Å². The highest BCUT2D eigenvalue weighted by Crippen LogP contribution is 2.22. The fourth-order valence-electron chi connectivity index (χ4n) is 2.36. The van der Waals surface area contributed by atoms with Gasteiger partial charge < -0.3 is 4.74 Å². The number of sulfonamides is 1. The Labute approximate surface area is 150 Å². The Balaban J connectivity index is 1.57. The summed E-state index contributed by atoms with van der Waals surface area (Å²) in [7, 11) is -3.57. The number of rotatable bonds is 5. The number of benzene rings is 2. The minimum Gasteiger partial charge on any atom is -0.461 e. The van der Waals surface area contributed by atoms with Crippen molar-refractivity contribution in [3.63, 3.8) is 0 Å². The van der Waals surface area contributed by atoms with E-state index in [1.54, 1.807) is 36.4 Å². The molecule has 130 valence electrons. The van der Waals surface area contributed by atoms with Crippen molar-refractivity contribution in [1.29, 1.82) is 0 Å². The van der Waals surface area contributed by atoms with Crippen LogP contribution in [0.5, 0.6) is 0 Å². The quantitative estimate of drug-likeness (QED) is 0.810. The van der Waals surface area contributed by atoms with Crippen LogP contribution in [0.4, 0.5) is 0 Å². The lowest BCUT2D eigenvalue weighted by atomic mass is 10.2. The predicted molar refractivity (Wildman–Crippen MR) is 94.0 cm³/mol. The molecule has 0 spiro atoms. The molecule has 3 rings (SSSR count). The van der Waals surface area contributed by atoms with Gasteiger partial charge in [-0.2, -0.15) is 0 Å². The molecule has 2 aromatic rings. The molecule has 0 bridgehead atoms. The number of esters is 1. The molecule has 0 amide bonds. The molecule has 8 heteroatoms. The van der Waals surface area contributed by atoms with Crippen molar-refractivity contribution in [1.82, 2.24) is 4.72 Å². The Hall–Kier alpha value is -2.38. The van der Waals surface area contributed by atoms with Gasteiger partial charge in [0.05, 0.1) is 17.9 Å². The monoisotopic (exact) mass is 378 g/mol. The van der Waals surface area contributed by atoms with Gasteiger partial charge in [0.25, 0.3) is 10.0 Å². The zero-order chi connectivity index (χ0) is 17.9. The van der Waals surface area contributed by atoms with Crippen LogP contribution in [0.15, 0.2) is 58.4 Å². The van der Waals surface area contributed by atoms with E-state index < -0.39 is 16.0 Å². The number of halogens is 1. The summed E-state index contributed by atoms with van der Waals surface area (Å²) in [6.07, 6.45) is 0.0395. The fraction of sp³-hybridized carbons (Fsp3) is 0.176. The van der Waals surface area contributed by atoms with Gasteiger partial charge in [-0.1, -0.05) is 41.9 Å². The smallest absolute Gasteiger partial charge is 0.308 e. The van der Waals surface area contributed by atoms with Gasteiger partial charge in [-0.25, -0.2) is 8.42 Å². The molecular weight excluding hydrogens is 364 g/mol. The van der Waals surface area contributed by atoms with Gasteiger partial charge >= 0.3 is 5.97 Å². The van der Waals surface area contributed by atoms with E-state index in [4.69, 9.17) is 16.3 Å². The SMILES string of the molecule is O=C(CCN=C1NS(=O)(=O)c2ccccc21)OCc1ccccc1Cl. The van der Waals surface area contributed by atoms with Crippen molar-refractivity contribution in [3.05, 3.63) is 64.7 Å². The lowest BCUT2D eigenvalue weighted by molar-refractivity contribution is -0.144. The highest BCUT2D eigenvalue weighted by Gasteiger charge is 2.29. The second-order valence-corrected chi connectivity index (χ2v) is 7.39. The number of nitrogens with one attached hydrogen (secondary N) is 1. The summed E-state index contributed by atoms with van der Waals surface area (Å²) in [6.45, 7) is 0.206. The third-order valence-corrected chi connectivity index (χ3v) is 5.36. The van der Waals surface area contributed by atoms with Crippen LogP contribution in [-0.2, 0) is 26.2 Å². The van der Waals surface area contributed by atoms with Crippen molar-refractivity contribution < 1.29 is 17.9 Å². The summed E-state index contributed by atoms with van der Waals surface area (Å²) in [5.74, 6) is -0.187. The van der Waals surface area contributed by atoms with E-state index in [1.165, 1.54) is 6.07 Å². The summed E-state index contributed by atoms with van der Waals surface area (Å²) < 4.78 is 31.5. The van der Waals surface area contributed by atoms with E-state index in [2.05, 4.69) is 9.71 Å². The van der Waals surface area contributed by atoms with Crippen molar-refractivity contribution in [2.45, 2.75) is 17.9 Å². The van der Waals surface area contributed by atoms with E-state index in [0.29, 0.717) is 10.6 Å². The maximum absolute atomic E-state index is 12.0. The van der Waals surface area contributed by atoms with E-state index in [9.17, 15) is 13.2 Å². The molecule has 0 saturated carbocycles. The van der Waals surface area contributed by atoms with Crippen molar-refractivity contribution >= 4 is 33.4 Å². The topological polar surface area (TPSA) is 84.8 Å².